The van der Waals surface area contributed by atoms with E-state index in [0.29, 0.717) is 13.0 Å². The predicted octanol–water partition coefficient (Wildman–Crippen LogP) is 2.81. The van der Waals surface area contributed by atoms with Gasteiger partial charge in [-0.15, -0.1) is 0 Å². The number of rotatable bonds is 2. The minimum absolute atomic E-state index is 0.0549. The lowest BCUT2D eigenvalue weighted by Gasteiger charge is -2.43. The molecule has 1 N–H and O–H groups in total. The van der Waals surface area contributed by atoms with E-state index in [2.05, 4.69) is 0 Å². The monoisotopic (exact) mass is 267 g/mol. The van der Waals surface area contributed by atoms with Crippen LogP contribution in [0.3, 0.4) is 0 Å². The molecule has 1 aliphatic carbocycles. The minimum atomic E-state index is -0.984. The van der Waals surface area contributed by atoms with Crippen LogP contribution in [0.1, 0.15) is 64.7 Å². The second-order valence-electron chi connectivity index (χ2n) is 6.21. The van der Waals surface area contributed by atoms with E-state index < -0.39 is 11.5 Å². The molecule has 1 aliphatic heterocycles. The lowest BCUT2D eigenvalue weighted by atomic mass is 9.86. The lowest BCUT2D eigenvalue weighted by molar-refractivity contribution is -0.163. The molecule has 0 aromatic heterocycles. The highest BCUT2D eigenvalue weighted by Crippen LogP contribution is 2.32. The average molecular weight is 267 g/mol. The standard InChI is InChI=1S/C15H25NO3/c1-15(14(18)19)10-6-7-11-16(15)13(17)12-8-4-2-3-5-9-12/h12H,2-11H2,1H3,(H,18,19). The van der Waals surface area contributed by atoms with Crippen LogP contribution < -0.4 is 0 Å². The molecule has 2 aliphatic rings. The Hall–Kier alpha value is -1.06. The normalized spacial score (nSPS) is 29.8. The number of carbonyl (C=O) groups is 2. The highest BCUT2D eigenvalue weighted by Gasteiger charge is 2.45. The fourth-order valence-electron chi connectivity index (χ4n) is 3.44. The number of piperidine rings is 1. The molecule has 1 unspecified atom stereocenters. The van der Waals surface area contributed by atoms with E-state index in [4.69, 9.17) is 0 Å². The number of amides is 1. The molecule has 0 bridgehead atoms. The molecule has 108 valence electrons. The highest BCUT2D eigenvalue weighted by atomic mass is 16.4. The van der Waals surface area contributed by atoms with Crippen LogP contribution >= 0.6 is 0 Å². The zero-order chi connectivity index (χ0) is 13.9. The third-order valence-corrected chi connectivity index (χ3v) is 4.82. The summed E-state index contributed by atoms with van der Waals surface area (Å²) in [6, 6.07) is 0. The van der Waals surface area contributed by atoms with Crippen molar-refractivity contribution in [1.29, 1.82) is 0 Å². The molecule has 4 heteroatoms. The molecule has 0 aromatic rings. The number of nitrogens with zero attached hydrogens (tertiary/aromatic N) is 1. The first-order valence-corrected chi connectivity index (χ1v) is 7.60. The first-order chi connectivity index (χ1) is 9.05. The van der Waals surface area contributed by atoms with Gasteiger partial charge in [-0.2, -0.15) is 0 Å². The Balaban J connectivity index is 2.12. The molecule has 2 fully saturated rings. The van der Waals surface area contributed by atoms with E-state index in [9.17, 15) is 14.7 Å². The van der Waals surface area contributed by atoms with Gasteiger partial charge in [0.25, 0.3) is 0 Å². The van der Waals surface area contributed by atoms with E-state index in [1.807, 2.05) is 0 Å². The van der Waals surface area contributed by atoms with Gasteiger partial charge in [0.2, 0.25) is 5.91 Å². The van der Waals surface area contributed by atoms with Crippen molar-refractivity contribution in [3.05, 3.63) is 0 Å². The van der Waals surface area contributed by atoms with Crippen molar-refractivity contribution < 1.29 is 14.7 Å². The van der Waals surface area contributed by atoms with Crippen molar-refractivity contribution in [2.75, 3.05) is 6.54 Å². The maximum atomic E-state index is 12.7. The smallest absolute Gasteiger partial charge is 0.329 e. The Kier molecular flexibility index (Phi) is 4.48. The number of aliphatic carboxylic acids is 1. The summed E-state index contributed by atoms with van der Waals surface area (Å²) in [5.41, 5.74) is -0.984. The number of carboxylic acids is 1. The van der Waals surface area contributed by atoms with Crippen LogP contribution in [-0.4, -0.2) is 34.0 Å². The SMILES string of the molecule is CC1(C(=O)O)CCCCN1C(=O)C1CCCCCC1. The zero-order valence-corrected chi connectivity index (χ0v) is 11.9. The second-order valence-corrected chi connectivity index (χ2v) is 6.21. The predicted molar refractivity (Wildman–Crippen MR) is 72.8 cm³/mol. The molecule has 1 atom stereocenters. The fourth-order valence-corrected chi connectivity index (χ4v) is 3.44. The first-order valence-electron chi connectivity index (χ1n) is 7.60. The first kappa shape index (κ1) is 14.4. The number of hydrogen-bond donors (Lipinski definition) is 1. The Labute approximate surface area is 115 Å². The number of hydrogen-bond acceptors (Lipinski definition) is 2. The van der Waals surface area contributed by atoms with Crippen molar-refractivity contribution >= 4 is 11.9 Å². The molecule has 0 aromatic carbocycles. The zero-order valence-electron chi connectivity index (χ0n) is 11.9. The van der Waals surface area contributed by atoms with Gasteiger partial charge in [0.05, 0.1) is 0 Å². The Bertz CT molecular complexity index is 347. The molecule has 2 rings (SSSR count). The van der Waals surface area contributed by atoms with Crippen molar-refractivity contribution in [2.24, 2.45) is 5.92 Å². The summed E-state index contributed by atoms with van der Waals surface area (Å²) in [4.78, 5) is 25.9. The third-order valence-electron chi connectivity index (χ3n) is 4.82. The van der Waals surface area contributed by atoms with Gasteiger partial charge in [0.15, 0.2) is 0 Å². The third kappa shape index (κ3) is 2.93. The van der Waals surface area contributed by atoms with Crippen molar-refractivity contribution in [1.82, 2.24) is 4.90 Å². The minimum Gasteiger partial charge on any atom is -0.480 e. The van der Waals surface area contributed by atoms with Crippen LogP contribution in [0.2, 0.25) is 0 Å². The second kappa shape index (κ2) is 5.93. The lowest BCUT2D eigenvalue weighted by Crippen LogP contribution is -2.58. The Morgan fingerprint density at radius 2 is 1.68 bits per heavy atom. The number of carboxylic acid groups (broad SMARTS) is 1. The van der Waals surface area contributed by atoms with Crippen molar-refractivity contribution in [3.63, 3.8) is 0 Å². The van der Waals surface area contributed by atoms with Crippen LogP contribution in [0.25, 0.3) is 0 Å². The summed E-state index contributed by atoms with van der Waals surface area (Å²) in [5, 5.41) is 9.48. The molecular formula is C15H25NO3. The molecule has 4 nitrogen and oxygen atoms in total. The van der Waals surface area contributed by atoms with Gasteiger partial charge in [-0.3, -0.25) is 4.79 Å². The van der Waals surface area contributed by atoms with E-state index in [0.717, 1.165) is 38.5 Å². The summed E-state index contributed by atoms with van der Waals surface area (Å²) >= 11 is 0. The topological polar surface area (TPSA) is 57.6 Å². The van der Waals surface area contributed by atoms with E-state index in [-0.39, 0.29) is 11.8 Å². The molecule has 19 heavy (non-hydrogen) atoms. The molecule has 1 saturated heterocycles. The van der Waals surface area contributed by atoms with Gasteiger partial charge in [0.1, 0.15) is 5.54 Å². The van der Waals surface area contributed by atoms with Gasteiger partial charge < -0.3 is 10.0 Å². The quantitative estimate of drug-likeness (QED) is 0.783. The molecule has 1 heterocycles. The number of carbonyl (C=O) groups excluding carboxylic acids is 1. The fraction of sp³-hybridized carbons (Fsp3) is 0.867. The van der Waals surface area contributed by atoms with E-state index in [1.165, 1.54) is 12.8 Å². The highest BCUT2D eigenvalue weighted by molar-refractivity contribution is 5.88. The van der Waals surface area contributed by atoms with Crippen LogP contribution in [-0.2, 0) is 9.59 Å². The van der Waals surface area contributed by atoms with Gasteiger partial charge in [-0.1, -0.05) is 25.7 Å². The largest absolute Gasteiger partial charge is 0.480 e. The van der Waals surface area contributed by atoms with Crippen LogP contribution in [0.4, 0.5) is 0 Å². The van der Waals surface area contributed by atoms with Crippen molar-refractivity contribution in [2.45, 2.75) is 70.3 Å². The van der Waals surface area contributed by atoms with Crippen molar-refractivity contribution in [3.8, 4) is 0 Å². The summed E-state index contributed by atoms with van der Waals surface area (Å²) in [6.45, 7) is 2.32. The molecule has 0 spiro atoms. The number of likely N-dealkylation sites (tertiary alicyclic amines) is 1. The van der Waals surface area contributed by atoms with Gasteiger partial charge in [-0.25, -0.2) is 4.79 Å². The summed E-state index contributed by atoms with van der Waals surface area (Å²) in [7, 11) is 0. The summed E-state index contributed by atoms with van der Waals surface area (Å²) < 4.78 is 0. The molecule has 1 saturated carbocycles. The Morgan fingerprint density at radius 3 is 2.26 bits per heavy atom. The average Bonchev–Trinajstić information content (AvgIpc) is 2.67. The summed E-state index contributed by atoms with van der Waals surface area (Å²) in [5.74, 6) is -0.708. The van der Waals surface area contributed by atoms with E-state index >= 15 is 0 Å². The molecule has 1 amide bonds. The summed E-state index contributed by atoms with van der Waals surface area (Å²) in [6.07, 6.45) is 8.91. The van der Waals surface area contributed by atoms with E-state index in [1.54, 1.807) is 11.8 Å². The van der Waals surface area contributed by atoms with Crippen LogP contribution in [0.15, 0.2) is 0 Å². The van der Waals surface area contributed by atoms with Crippen LogP contribution in [0.5, 0.6) is 0 Å². The maximum absolute atomic E-state index is 12.7. The maximum Gasteiger partial charge on any atom is 0.329 e. The van der Waals surface area contributed by atoms with Gasteiger partial charge >= 0.3 is 5.97 Å². The van der Waals surface area contributed by atoms with Gasteiger partial charge in [0, 0.05) is 12.5 Å². The van der Waals surface area contributed by atoms with Gasteiger partial charge in [-0.05, 0) is 39.0 Å². The Morgan fingerprint density at radius 1 is 1.05 bits per heavy atom. The van der Waals surface area contributed by atoms with Crippen LogP contribution in [0, 0.1) is 5.92 Å². The molecule has 0 radical (unpaired) electrons. The molecular weight excluding hydrogens is 242 g/mol.